The fourth-order valence-corrected chi connectivity index (χ4v) is 5.02. The molecule has 6 nitrogen and oxygen atoms in total. The second-order valence-electron chi connectivity index (χ2n) is 9.02. The van der Waals surface area contributed by atoms with Crippen molar-refractivity contribution >= 4 is 11.8 Å². The van der Waals surface area contributed by atoms with Gasteiger partial charge < -0.3 is 9.80 Å². The number of piperazine rings is 1. The number of hydrogen-bond acceptors (Lipinski definition) is 4. The Kier molecular flexibility index (Phi) is 8.15. The molecule has 1 atom stereocenters. The van der Waals surface area contributed by atoms with Gasteiger partial charge >= 0.3 is 0 Å². The minimum Gasteiger partial charge on any atom is -0.342 e. The van der Waals surface area contributed by atoms with Gasteiger partial charge in [0.25, 0.3) is 0 Å². The van der Waals surface area contributed by atoms with E-state index in [0.29, 0.717) is 12.6 Å². The molecule has 0 aromatic rings. The molecule has 0 bridgehead atoms. The molecule has 2 aliphatic heterocycles. The zero-order valence-electron chi connectivity index (χ0n) is 18.1. The molecular formula is C22H40N4O2. The van der Waals surface area contributed by atoms with Crippen LogP contribution in [-0.4, -0.2) is 96.4 Å². The van der Waals surface area contributed by atoms with E-state index in [-0.39, 0.29) is 17.9 Å². The van der Waals surface area contributed by atoms with Crippen LogP contribution in [0.4, 0.5) is 0 Å². The first-order valence-corrected chi connectivity index (χ1v) is 11.6. The van der Waals surface area contributed by atoms with Crippen molar-refractivity contribution in [2.24, 2.45) is 0 Å². The van der Waals surface area contributed by atoms with Crippen LogP contribution in [0.25, 0.3) is 0 Å². The highest BCUT2D eigenvalue weighted by atomic mass is 16.2. The van der Waals surface area contributed by atoms with Gasteiger partial charge in [-0.05, 0) is 32.6 Å². The number of carbonyl (C=O) groups excluding carboxylic acids is 2. The SMILES string of the molecule is CC(C(=O)N(C)C1CCCCC1)N1CCN(CC(=O)N2CCCCCC2)CC1. The molecule has 6 heteroatoms. The number of rotatable bonds is 5. The summed E-state index contributed by atoms with van der Waals surface area (Å²) >= 11 is 0. The minimum absolute atomic E-state index is 0.0598. The molecule has 0 spiro atoms. The third kappa shape index (κ3) is 5.69. The largest absolute Gasteiger partial charge is 0.342 e. The van der Waals surface area contributed by atoms with Gasteiger partial charge in [-0.15, -0.1) is 0 Å². The maximum Gasteiger partial charge on any atom is 0.239 e. The average molecular weight is 393 g/mol. The Balaban J connectivity index is 1.42. The number of likely N-dealkylation sites (tertiary alicyclic amines) is 1. The van der Waals surface area contributed by atoms with Crippen molar-refractivity contribution in [3.63, 3.8) is 0 Å². The van der Waals surface area contributed by atoms with Crippen LogP contribution >= 0.6 is 0 Å². The highest BCUT2D eigenvalue weighted by molar-refractivity contribution is 5.81. The molecule has 1 unspecified atom stereocenters. The number of carbonyl (C=O) groups is 2. The number of hydrogen-bond donors (Lipinski definition) is 0. The molecule has 3 rings (SSSR count). The summed E-state index contributed by atoms with van der Waals surface area (Å²) in [5, 5.41) is 0. The Morgan fingerprint density at radius 3 is 2.04 bits per heavy atom. The minimum atomic E-state index is -0.0598. The summed E-state index contributed by atoms with van der Waals surface area (Å²) < 4.78 is 0. The van der Waals surface area contributed by atoms with Gasteiger partial charge in [0.2, 0.25) is 11.8 Å². The summed E-state index contributed by atoms with van der Waals surface area (Å²) in [6, 6.07) is 0.367. The van der Waals surface area contributed by atoms with Crippen molar-refractivity contribution in [1.29, 1.82) is 0 Å². The molecule has 0 aromatic heterocycles. The molecule has 160 valence electrons. The molecule has 28 heavy (non-hydrogen) atoms. The summed E-state index contributed by atoms with van der Waals surface area (Å²) in [4.78, 5) is 34.2. The molecule has 0 N–H and O–H groups in total. The first kappa shape index (κ1) is 21.6. The second-order valence-corrected chi connectivity index (χ2v) is 9.02. The lowest BCUT2D eigenvalue weighted by Crippen LogP contribution is -2.56. The van der Waals surface area contributed by atoms with E-state index in [1.54, 1.807) is 0 Å². The summed E-state index contributed by atoms with van der Waals surface area (Å²) in [6.45, 7) is 7.96. The van der Waals surface area contributed by atoms with Crippen molar-refractivity contribution in [2.75, 3.05) is 52.9 Å². The highest BCUT2D eigenvalue weighted by Crippen LogP contribution is 2.23. The van der Waals surface area contributed by atoms with Crippen molar-refractivity contribution in [3.8, 4) is 0 Å². The maximum atomic E-state index is 12.9. The Bertz CT molecular complexity index is 505. The van der Waals surface area contributed by atoms with Gasteiger partial charge in [-0.2, -0.15) is 0 Å². The van der Waals surface area contributed by atoms with E-state index >= 15 is 0 Å². The molecule has 2 amide bonds. The summed E-state index contributed by atoms with van der Waals surface area (Å²) in [7, 11) is 1.99. The van der Waals surface area contributed by atoms with Crippen molar-refractivity contribution in [1.82, 2.24) is 19.6 Å². The zero-order chi connectivity index (χ0) is 19.9. The Morgan fingerprint density at radius 1 is 0.857 bits per heavy atom. The van der Waals surface area contributed by atoms with Crippen LogP contribution in [0, 0.1) is 0 Å². The Labute approximate surface area is 171 Å². The highest BCUT2D eigenvalue weighted by Gasteiger charge is 2.31. The summed E-state index contributed by atoms with van der Waals surface area (Å²) in [5.74, 6) is 0.553. The van der Waals surface area contributed by atoms with Crippen LogP contribution in [0.2, 0.25) is 0 Å². The lowest BCUT2D eigenvalue weighted by atomic mass is 9.94. The fourth-order valence-electron chi connectivity index (χ4n) is 5.02. The van der Waals surface area contributed by atoms with Gasteiger partial charge in [-0.25, -0.2) is 0 Å². The van der Waals surface area contributed by atoms with Crippen molar-refractivity contribution < 1.29 is 9.59 Å². The van der Waals surface area contributed by atoms with Crippen molar-refractivity contribution in [2.45, 2.75) is 76.8 Å². The van der Waals surface area contributed by atoms with Gasteiger partial charge in [-0.3, -0.25) is 19.4 Å². The lowest BCUT2D eigenvalue weighted by Gasteiger charge is -2.40. The second kappa shape index (κ2) is 10.6. The van der Waals surface area contributed by atoms with Crippen molar-refractivity contribution in [3.05, 3.63) is 0 Å². The third-order valence-electron chi connectivity index (χ3n) is 7.10. The van der Waals surface area contributed by atoms with Crippen LogP contribution in [-0.2, 0) is 9.59 Å². The normalized spacial score (nSPS) is 24.6. The number of likely N-dealkylation sites (N-methyl/N-ethyl adjacent to an activating group) is 1. The van der Waals surface area contributed by atoms with Gasteiger partial charge in [0, 0.05) is 52.4 Å². The zero-order valence-corrected chi connectivity index (χ0v) is 18.1. The molecule has 3 aliphatic rings. The maximum absolute atomic E-state index is 12.9. The van der Waals surface area contributed by atoms with Crippen LogP contribution in [0.3, 0.4) is 0 Å². The fraction of sp³-hybridized carbons (Fsp3) is 0.909. The molecule has 2 saturated heterocycles. The average Bonchev–Trinajstić information content (AvgIpc) is 3.03. The van der Waals surface area contributed by atoms with E-state index in [9.17, 15) is 9.59 Å². The van der Waals surface area contributed by atoms with E-state index in [0.717, 1.165) is 65.0 Å². The number of nitrogens with zero attached hydrogens (tertiary/aromatic N) is 4. The molecule has 1 aliphatic carbocycles. The van der Waals surface area contributed by atoms with E-state index in [1.807, 2.05) is 11.9 Å². The molecule has 0 aromatic carbocycles. The Morgan fingerprint density at radius 2 is 1.43 bits per heavy atom. The molecule has 2 heterocycles. The van der Waals surface area contributed by atoms with Gasteiger partial charge in [0.05, 0.1) is 12.6 Å². The molecule has 0 radical (unpaired) electrons. The van der Waals surface area contributed by atoms with E-state index in [4.69, 9.17) is 0 Å². The third-order valence-corrected chi connectivity index (χ3v) is 7.10. The van der Waals surface area contributed by atoms with Crippen LogP contribution < -0.4 is 0 Å². The first-order valence-electron chi connectivity index (χ1n) is 11.6. The topological polar surface area (TPSA) is 47.1 Å². The monoisotopic (exact) mass is 392 g/mol. The summed E-state index contributed by atoms with van der Waals surface area (Å²) in [6.07, 6.45) is 10.9. The smallest absolute Gasteiger partial charge is 0.239 e. The van der Waals surface area contributed by atoms with Crippen LogP contribution in [0.15, 0.2) is 0 Å². The van der Waals surface area contributed by atoms with E-state index in [1.165, 1.54) is 32.1 Å². The van der Waals surface area contributed by atoms with Gasteiger partial charge in [0.15, 0.2) is 0 Å². The predicted octanol–water partition coefficient (Wildman–Crippen LogP) is 2.19. The van der Waals surface area contributed by atoms with Crippen LogP contribution in [0.5, 0.6) is 0 Å². The van der Waals surface area contributed by atoms with Gasteiger partial charge in [0.1, 0.15) is 0 Å². The molecular weight excluding hydrogens is 352 g/mol. The lowest BCUT2D eigenvalue weighted by molar-refractivity contribution is -0.139. The molecule has 1 saturated carbocycles. The quantitative estimate of drug-likeness (QED) is 0.720. The van der Waals surface area contributed by atoms with Gasteiger partial charge in [-0.1, -0.05) is 32.1 Å². The van der Waals surface area contributed by atoms with Crippen LogP contribution in [0.1, 0.15) is 64.7 Å². The van der Waals surface area contributed by atoms with E-state index in [2.05, 4.69) is 21.6 Å². The Hall–Kier alpha value is -1.14. The summed E-state index contributed by atoms with van der Waals surface area (Å²) in [5.41, 5.74) is 0. The molecule has 3 fully saturated rings. The predicted molar refractivity (Wildman–Crippen MR) is 112 cm³/mol. The first-order chi connectivity index (χ1) is 13.6. The van der Waals surface area contributed by atoms with E-state index < -0.39 is 0 Å². The number of amides is 2. The standard InChI is InChI=1S/C22H40N4O2/c1-19(22(28)23(2)20-10-6-5-7-11-20)25-16-14-24(15-17-25)18-21(27)26-12-8-3-4-9-13-26/h19-20H,3-18H2,1-2H3.